The van der Waals surface area contributed by atoms with Gasteiger partial charge in [-0.05, 0) is 73.5 Å². The zero-order valence-corrected chi connectivity index (χ0v) is 17.1. The second-order valence-corrected chi connectivity index (χ2v) is 7.04. The maximum atomic E-state index is 9.57. The van der Waals surface area contributed by atoms with Crippen molar-refractivity contribution in [2.75, 3.05) is 12.4 Å². The smallest absolute Gasteiger partial charge is 0.131 e. The zero-order chi connectivity index (χ0) is 21.1. The van der Waals surface area contributed by atoms with Gasteiger partial charge in [0.15, 0.2) is 0 Å². The number of benzene rings is 3. The summed E-state index contributed by atoms with van der Waals surface area (Å²) in [5, 5.41) is 13.9. The second-order valence-electron chi connectivity index (χ2n) is 7.04. The first-order valence-corrected chi connectivity index (χ1v) is 9.56. The average Bonchev–Trinajstić information content (AvgIpc) is 2.76. The molecule has 30 heavy (non-hydrogen) atoms. The number of ether oxygens (including phenoxy) is 2. The summed E-state index contributed by atoms with van der Waals surface area (Å²) in [6.07, 6.45) is 1.61. The van der Waals surface area contributed by atoms with Gasteiger partial charge >= 0.3 is 0 Å². The van der Waals surface area contributed by atoms with Gasteiger partial charge in [0.2, 0.25) is 0 Å². The van der Waals surface area contributed by atoms with Crippen LogP contribution in [0.15, 0.2) is 66.9 Å². The number of aromatic nitrogens is 1. The molecule has 0 unspecified atom stereocenters. The van der Waals surface area contributed by atoms with Crippen molar-refractivity contribution in [2.24, 2.45) is 0 Å². The van der Waals surface area contributed by atoms with Gasteiger partial charge in [0, 0.05) is 23.3 Å². The van der Waals surface area contributed by atoms with Crippen LogP contribution in [0.1, 0.15) is 16.7 Å². The van der Waals surface area contributed by atoms with Gasteiger partial charge in [-0.25, -0.2) is 0 Å². The van der Waals surface area contributed by atoms with E-state index in [4.69, 9.17) is 9.47 Å². The number of aryl methyl sites for hydroxylation is 2. The number of methoxy groups -OCH3 is 1. The standard InChI is InChI=1S/C25H21N3O2/c1-16-11-23-24(12-17(16)2)27-15-18(14-26)25(23)28-19-7-9-20(10-8-19)30-22-6-4-5-21(13-22)29-3/h4-13,15H,1-3H3,(H,27,28). The number of fused-ring (bicyclic) bond motifs is 1. The van der Waals surface area contributed by atoms with Gasteiger partial charge < -0.3 is 14.8 Å². The predicted octanol–water partition coefficient (Wildman–Crippen LogP) is 6.27. The molecule has 0 radical (unpaired) electrons. The normalized spacial score (nSPS) is 10.5. The Morgan fingerprint density at radius 2 is 1.63 bits per heavy atom. The summed E-state index contributed by atoms with van der Waals surface area (Å²) in [6.45, 7) is 4.12. The highest BCUT2D eigenvalue weighted by Gasteiger charge is 2.11. The molecule has 0 saturated heterocycles. The van der Waals surface area contributed by atoms with Crippen LogP contribution in [-0.4, -0.2) is 12.1 Å². The largest absolute Gasteiger partial charge is 0.497 e. The van der Waals surface area contributed by atoms with Gasteiger partial charge in [0.25, 0.3) is 0 Å². The van der Waals surface area contributed by atoms with Crippen LogP contribution in [0.4, 0.5) is 11.4 Å². The Hall–Kier alpha value is -4.04. The average molecular weight is 395 g/mol. The van der Waals surface area contributed by atoms with E-state index in [1.54, 1.807) is 13.3 Å². The molecule has 0 saturated carbocycles. The fourth-order valence-electron chi connectivity index (χ4n) is 3.22. The van der Waals surface area contributed by atoms with Gasteiger partial charge in [0.1, 0.15) is 23.3 Å². The predicted molar refractivity (Wildman–Crippen MR) is 119 cm³/mol. The highest BCUT2D eigenvalue weighted by molar-refractivity contribution is 5.96. The van der Waals surface area contributed by atoms with E-state index in [0.717, 1.165) is 33.6 Å². The summed E-state index contributed by atoms with van der Waals surface area (Å²) in [5.41, 5.74) is 5.30. The minimum atomic E-state index is 0.502. The van der Waals surface area contributed by atoms with Crippen LogP contribution < -0.4 is 14.8 Å². The lowest BCUT2D eigenvalue weighted by Crippen LogP contribution is -1.98. The molecule has 1 N–H and O–H groups in total. The Bertz CT molecular complexity index is 1260. The van der Waals surface area contributed by atoms with Crippen LogP contribution in [0.25, 0.3) is 10.9 Å². The molecule has 1 heterocycles. The summed E-state index contributed by atoms with van der Waals surface area (Å²) in [6, 6.07) is 21.4. The molecule has 0 fully saturated rings. The summed E-state index contributed by atoms with van der Waals surface area (Å²) in [5.74, 6) is 2.15. The molecule has 4 rings (SSSR count). The van der Waals surface area contributed by atoms with E-state index in [1.807, 2.05) is 54.6 Å². The third kappa shape index (κ3) is 3.89. The van der Waals surface area contributed by atoms with Crippen LogP contribution in [0.2, 0.25) is 0 Å². The van der Waals surface area contributed by atoms with E-state index < -0.39 is 0 Å². The van der Waals surface area contributed by atoms with Gasteiger partial charge in [-0.2, -0.15) is 5.26 Å². The van der Waals surface area contributed by atoms with E-state index >= 15 is 0 Å². The Morgan fingerprint density at radius 3 is 2.37 bits per heavy atom. The van der Waals surface area contributed by atoms with E-state index in [-0.39, 0.29) is 0 Å². The minimum Gasteiger partial charge on any atom is -0.497 e. The highest BCUT2D eigenvalue weighted by Crippen LogP contribution is 2.32. The molecular formula is C25H21N3O2. The molecule has 5 heteroatoms. The number of hydrogen-bond acceptors (Lipinski definition) is 5. The van der Waals surface area contributed by atoms with Gasteiger partial charge in [0.05, 0.1) is 23.9 Å². The molecule has 0 aliphatic carbocycles. The number of nitrogens with one attached hydrogen (secondary N) is 1. The first-order valence-electron chi connectivity index (χ1n) is 9.56. The van der Waals surface area contributed by atoms with Crippen molar-refractivity contribution in [3.8, 4) is 23.3 Å². The van der Waals surface area contributed by atoms with Crippen molar-refractivity contribution in [2.45, 2.75) is 13.8 Å². The van der Waals surface area contributed by atoms with E-state index in [2.05, 4.69) is 36.3 Å². The van der Waals surface area contributed by atoms with Crippen molar-refractivity contribution in [1.29, 1.82) is 5.26 Å². The molecule has 0 spiro atoms. The second kappa shape index (κ2) is 8.14. The third-order valence-electron chi connectivity index (χ3n) is 5.00. The van der Waals surface area contributed by atoms with Gasteiger partial charge in [-0.15, -0.1) is 0 Å². The molecule has 4 aromatic rings. The van der Waals surface area contributed by atoms with Crippen molar-refractivity contribution < 1.29 is 9.47 Å². The van der Waals surface area contributed by atoms with Crippen LogP contribution in [0.3, 0.4) is 0 Å². The zero-order valence-electron chi connectivity index (χ0n) is 17.1. The van der Waals surface area contributed by atoms with Crippen LogP contribution in [0.5, 0.6) is 17.2 Å². The summed E-state index contributed by atoms with van der Waals surface area (Å²) < 4.78 is 11.1. The molecule has 0 atom stereocenters. The molecule has 1 aromatic heterocycles. The number of nitriles is 1. The fraction of sp³-hybridized carbons (Fsp3) is 0.120. The molecule has 0 aliphatic heterocycles. The van der Waals surface area contributed by atoms with Crippen molar-refractivity contribution in [3.05, 3.63) is 83.6 Å². The molecular weight excluding hydrogens is 374 g/mol. The Kier molecular flexibility index (Phi) is 5.23. The molecule has 0 bridgehead atoms. The number of rotatable bonds is 5. The summed E-state index contributed by atoms with van der Waals surface area (Å²) in [4.78, 5) is 4.44. The molecule has 0 amide bonds. The maximum Gasteiger partial charge on any atom is 0.131 e. The Morgan fingerprint density at radius 1 is 0.900 bits per heavy atom. The number of nitrogens with zero attached hydrogens (tertiary/aromatic N) is 2. The lowest BCUT2D eigenvalue weighted by molar-refractivity contribution is 0.409. The van der Waals surface area contributed by atoms with E-state index in [0.29, 0.717) is 17.1 Å². The number of anilines is 2. The van der Waals surface area contributed by atoms with E-state index in [1.165, 1.54) is 5.56 Å². The molecule has 148 valence electrons. The lowest BCUT2D eigenvalue weighted by atomic mass is 10.0. The summed E-state index contributed by atoms with van der Waals surface area (Å²) in [7, 11) is 1.63. The van der Waals surface area contributed by atoms with Crippen LogP contribution >= 0.6 is 0 Å². The fourth-order valence-corrected chi connectivity index (χ4v) is 3.22. The molecule has 5 nitrogen and oxygen atoms in total. The third-order valence-corrected chi connectivity index (χ3v) is 5.00. The number of hydrogen-bond donors (Lipinski definition) is 1. The van der Waals surface area contributed by atoms with Crippen LogP contribution in [0, 0.1) is 25.2 Å². The first kappa shape index (κ1) is 19.3. The van der Waals surface area contributed by atoms with Gasteiger partial charge in [-0.3, -0.25) is 4.98 Å². The maximum absolute atomic E-state index is 9.57. The lowest BCUT2D eigenvalue weighted by Gasteiger charge is -2.14. The van der Waals surface area contributed by atoms with Crippen molar-refractivity contribution >= 4 is 22.3 Å². The molecule has 3 aromatic carbocycles. The quantitative estimate of drug-likeness (QED) is 0.431. The highest BCUT2D eigenvalue weighted by atomic mass is 16.5. The van der Waals surface area contributed by atoms with Gasteiger partial charge in [-0.1, -0.05) is 6.07 Å². The first-order chi connectivity index (χ1) is 14.6. The van der Waals surface area contributed by atoms with Crippen molar-refractivity contribution in [3.63, 3.8) is 0 Å². The van der Waals surface area contributed by atoms with Crippen molar-refractivity contribution in [1.82, 2.24) is 4.98 Å². The number of pyridine rings is 1. The minimum absolute atomic E-state index is 0.502. The Balaban J connectivity index is 1.62. The Labute approximate surface area is 175 Å². The van der Waals surface area contributed by atoms with E-state index in [9.17, 15) is 5.26 Å². The summed E-state index contributed by atoms with van der Waals surface area (Å²) >= 11 is 0. The molecule has 0 aliphatic rings. The van der Waals surface area contributed by atoms with Crippen LogP contribution in [-0.2, 0) is 0 Å². The topological polar surface area (TPSA) is 67.2 Å². The monoisotopic (exact) mass is 395 g/mol. The SMILES string of the molecule is COc1cccc(Oc2ccc(Nc3c(C#N)cnc4cc(C)c(C)cc34)cc2)c1.